The van der Waals surface area contributed by atoms with Gasteiger partial charge in [-0.05, 0) is 45.4 Å². The third kappa shape index (κ3) is 5.17. The molecule has 26 heavy (non-hydrogen) atoms. The first-order valence-corrected chi connectivity index (χ1v) is 8.39. The molecule has 0 unspecified atom stereocenters. The van der Waals surface area contributed by atoms with Crippen LogP contribution in [0.1, 0.15) is 33.3 Å². The molecule has 0 radical (unpaired) electrons. The van der Waals surface area contributed by atoms with Crippen molar-refractivity contribution in [3.05, 3.63) is 42.2 Å². The van der Waals surface area contributed by atoms with Crippen LogP contribution in [-0.2, 0) is 11.2 Å². The Bertz CT molecular complexity index is 700. The molecule has 2 rings (SSSR count). The van der Waals surface area contributed by atoms with E-state index in [4.69, 9.17) is 9.39 Å². The van der Waals surface area contributed by atoms with E-state index in [-0.39, 0.29) is 0 Å². The first kappa shape index (κ1) is 20.2. The summed E-state index contributed by atoms with van der Waals surface area (Å²) in [4.78, 5) is 8.38. The predicted molar refractivity (Wildman–Crippen MR) is 101 cm³/mol. The van der Waals surface area contributed by atoms with E-state index in [1.165, 1.54) is 12.4 Å². The van der Waals surface area contributed by atoms with E-state index >= 15 is 0 Å². The van der Waals surface area contributed by atoms with E-state index < -0.39 is 18.3 Å². The molecule has 0 saturated carbocycles. The van der Waals surface area contributed by atoms with Crippen molar-refractivity contribution < 1.29 is 19.5 Å². The monoisotopic (exact) mass is 359 g/mol. The minimum absolute atomic E-state index is 0.414. The van der Waals surface area contributed by atoms with Gasteiger partial charge in [0.1, 0.15) is 5.75 Å². The number of benzene rings is 1. The third-order valence-corrected chi connectivity index (χ3v) is 4.45. The van der Waals surface area contributed by atoms with Gasteiger partial charge in [0.25, 0.3) is 0 Å². The maximum absolute atomic E-state index is 10.2. The fraction of sp³-hybridized carbons (Fsp3) is 0.444. The predicted octanol–water partition coefficient (Wildman–Crippen LogP) is 1.35. The van der Waals surface area contributed by atoms with Crippen LogP contribution in [0.2, 0.25) is 0 Å². The van der Waals surface area contributed by atoms with Gasteiger partial charge in [0.2, 0.25) is 5.95 Å². The molecule has 140 valence electrons. The van der Waals surface area contributed by atoms with Crippen LogP contribution < -0.4 is 15.5 Å². The molecule has 0 atom stereocenters. The van der Waals surface area contributed by atoms with Crippen LogP contribution in [0.3, 0.4) is 0 Å². The summed E-state index contributed by atoms with van der Waals surface area (Å²) in [6, 6.07) is 7.69. The number of hydrogen-bond donors (Lipinski definition) is 3. The molecule has 2 aromatic rings. The van der Waals surface area contributed by atoms with Crippen molar-refractivity contribution in [1.82, 2.24) is 9.97 Å². The lowest BCUT2D eigenvalue weighted by Crippen LogP contribution is -2.53. The van der Waals surface area contributed by atoms with E-state index in [1.807, 2.05) is 24.3 Å². The number of nitrogens with one attached hydrogen (secondary N) is 1. The molecule has 0 bridgehead atoms. The molecular weight excluding hydrogens is 333 g/mol. The highest BCUT2D eigenvalue weighted by Crippen LogP contribution is 2.25. The summed E-state index contributed by atoms with van der Waals surface area (Å²) in [5, 5.41) is 23.4. The van der Waals surface area contributed by atoms with Gasteiger partial charge in [-0.3, -0.25) is 0 Å². The largest absolute Gasteiger partial charge is 0.497 e. The van der Waals surface area contributed by atoms with Crippen molar-refractivity contribution in [2.24, 2.45) is 0 Å². The molecule has 0 fully saturated rings. The summed E-state index contributed by atoms with van der Waals surface area (Å²) in [6.07, 6.45) is 2.99. The molecule has 1 heterocycles. The van der Waals surface area contributed by atoms with E-state index in [2.05, 4.69) is 15.3 Å². The van der Waals surface area contributed by atoms with Crippen molar-refractivity contribution in [2.75, 3.05) is 12.4 Å². The Kier molecular flexibility index (Phi) is 6.23. The van der Waals surface area contributed by atoms with Crippen LogP contribution in [0.4, 0.5) is 5.95 Å². The van der Waals surface area contributed by atoms with Crippen LogP contribution in [0.25, 0.3) is 0 Å². The van der Waals surface area contributed by atoms with Crippen LogP contribution >= 0.6 is 0 Å². The van der Waals surface area contributed by atoms with Gasteiger partial charge in [-0.1, -0.05) is 12.1 Å². The molecule has 3 N–H and O–H groups in total. The van der Waals surface area contributed by atoms with Gasteiger partial charge in [-0.25, -0.2) is 9.97 Å². The SMILES string of the molecule is COc1ccc(CNc2ncc(B(O)OC(C)(C)C(C)(C)O)cn2)cc1. The van der Waals surface area contributed by atoms with Gasteiger partial charge in [-0.2, -0.15) is 0 Å². The average Bonchev–Trinajstić information content (AvgIpc) is 2.59. The number of nitrogens with zero attached hydrogens (tertiary/aromatic N) is 2. The molecule has 0 aliphatic carbocycles. The third-order valence-electron chi connectivity index (χ3n) is 4.45. The molecule has 0 aliphatic heterocycles. The number of ether oxygens (including phenoxy) is 1. The topological polar surface area (TPSA) is 96.7 Å². The molecule has 1 aromatic heterocycles. The Balaban J connectivity index is 1.94. The molecule has 1 aromatic carbocycles. The zero-order valence-electron chi connectivity index (χ0n) is 15.9. The number of aromatic nitrogens is 2. The Morgan fingerprint density at radius 2 is 1.65 bits per heavy atom. The van der Waals surface area contributed by atoms with Crippen molar-refractivity contribution in [3.63, 3.8) is 0 Å². The van der Waals surface area contributed by atoms with Gasteiger partial charge in [-0.15, -0.1) is 0 Å². The Labute approximate surface area is 154 Å². The van der Waals surface area contributed by atoms with Crippen molar-refractivity contribution in [2.45, 2.75) is 45.4 Å². The average molecular weight is 359 g/mol. The molecule has 7 nitrogen and oxygen atoms in total. The summed E-state index contributed by atoms with van der Waals surface area (Å²) in [7, 11) is 0.399. The summed E-state index contributed by atoms with van der Waals surface area (Å²) in [5.74, 6) is 1.25. The summed E-state index contributed by atoms with van der Waals surface area (Å²) in [6.45, 7) is 7.24. The maximum Gasteiger partial charge on any atom is 0.494 e. The van der Waals surface area contributed by atoms with Gasteiger partial charge >= 0.3 is 7.12 Å². The highest BCUT2D eigenvalue weighted by molar-refractivity contribution is 6.59. The Hall–Kier alpha value is -2.16. The summed E-state index contributed by atoms with van der Waals surface area (Å²) < 4.78 is 10.7. The van der Waals surface area contributed by atoms with Gasteiger partial charge < -0.3 is 24.8 Å². The molecule has 0 saturated heterocycles. The van der Waals surface area contributed by atoms with E-state index in [0.29, 0.717) is 18.0 Å². The fourth-order valence-electron chi connectivity index (χ4n) is 1.97. The molecular formula is C18H26BN3O4. The van der Waals surface area contributed by atoms with E-state index in [0.717, 1.165) is 11.3 Å². The lowest BCUT2D eigenvalue weighted by Gasteiger charge is -2.38. The van der Waals surface area contributed by atoms with E-state index in [1.54, 1.807) is 34.8 Å². The molecule has 0 amide bonds. The smallest absolute Gasteiger partial charge is 0.494 e. The van der Waals surface area contributed by atoms with Crippen LogP contribution in [0.5, 0.6) is 5.75 Å². The first-order valence-electron chi connectivity index (χ1n) is 8.39. The van der Waals surface area contributed by atoms with Crippen LogP contribution in [-0.4, -0.2) is 45.5 Å². The number of aliphatic hydroxyl groups is 1. The second kappa shape index (κ2) is 8.03. The van der Waals surface area contributed by atoms with Gasteiger partial charge in [0.05, 0.1) is 18.3 Å². The van der Waals surface area contributed by atoms with Crippen molar-refractivity contribution in [3.8, 4) is 5.75 Å². The Morgan fingerprint density at radius 1 is 1.08 bits per heavy atom. The van der Waals surface area contributed by atoms with Crippen molar-refractivity contribution >= 4 is 18.5 Å². The van der Waals surface area contributed by atoms with Crippen molar-refractivity contribution in [1.29, 1.82) is 0 Å². The minimum atomic E-state index is -1.23. The number of rotatable bonds is 8. The van der Waals surface area contributed by atoms with Crippen LogP contribution in [0, 0.1) is 0 Å². The first-order chi connectivity index (χ1) is 12.1. The van der Waals surface area contributed by atoms with Crippen LogP contribution in [0.15, 0.2) is 36.7 Å². The number of methoxy groups -OCH3 is 1. The second-order valence-electron chi connectivity index (χ2n) is 7.08. The normalized spacial score (nSPS) is 12.0. The highest BCUT2D eigenvalue weighted by Gasteiger charge is 2.39. The standard InChI is InChI=1S/C18H26BN3O4/c1-17(2,23)18(3,4)26-19(24)14-11-21-16(22-12-14)20-10-13-6-8-15(25-5)9-7-13/h6-9,11-12,23-24H,10H2,1-5H3,(H,20,21,22). The summed E-state index contributed by atoms with van der Waals surface area (Å²) in [5.41, 5.74) is -0.585. The molecule has 8 heteroatoms. The molecule has 0 aliphatic rings. The van der Waals surface area contributed by atoms with Gasteiger partial charge in [0, 0.05) is 24.4 Å². The highest BCUT2D eigenvalue weighted by atomic mass is 16.5. The van der Waals surface area contributed by atoms with E-state index in [9.17, 15) is 10.1 Å². The number of anilines is 1. The minimum Gasteiger partial charge on any atom is -0.497 e. The fourth-order valence-corrected chi connectivity index (χ4v) is 1.97. The maximum atomic E-state index is 10.2. The van der Waals surface area contributed by atoms with Gasteiger partial charge in [0.15, 0.2) is 0 Å². The zero-order chi connectivity index (χ0) is 19.4. The second-order valence-corrected chi connectivity index (χ2v) is 7.08. The molecule has 0 spiro atoms. The quantitative estimate of drug-likeness (QED) is 0.612. The lowest BCUT2D eigenvalue weighted by molar-refractivity contribution is -0.0982. The zero-order valence-corrected chi connectivity index (χ0v) is 15.9. The summed E-state index contributed by atoms with van der Waals surface area (Å²) >= 11 is 0. The number of hydrogen-bond acceptors (Lipinski definition) is 7. The Morgan fingerprint density at radius 3 is 2.15 bits per heavy atom. The lowest BCUT2D eigenvalue weighted by atomic mass is 9.78.